The highest BCUT2D eigenvalue weighted by Gasteiger charge is 2.03. The number of fused-ring (bicyclic) bond motifs is 1. The number of aromatic amines is 1. The maximum atomic E-state index is 11.3. The summed E-state index contributed by atoms with van der Waals surface area (Å²) in [4.78, 5) is 24.4. The molecule has 1 aromatic heterocycles. The van der Waals surface area contributed by atoms with E-state index in [0.29, 0.717) is 5.03 Å². The third-order valence-corrected chi connectivity index (χ3v) is 2.40. The van der Waals surface area contributed by atoms with Crippen LogP contribution in [0.1, 0.15) is 0 Å². The Morgan fingerprint density at radius 3 is 3.00 bits per heavy atom. The van der Waals surface area contributed by atoms with Crippen molar-refractivity contribution in [2.75, 3.05) is 0 Å². The van der Waals surface area contributed by atoms with Crippen molar-refractivity contribution in [2.24, 2.45) is 0 Å². The standard InChI is InChI=1S/C8H6N2O2S/c11-6-5-7-10(8(12)9-6)3-1-2-4-13-7/h1-5H,(H,9,11,12). The van der Waals surface area contributed by atoms with Gasteiger partial charge in [0.05, 0.1) is 5.03 Å². The van der Waals surface area contributed by atoms with Crippen LogP contribution in [0.2, 0.25) is 0 Å². The molecule has 0 bridgehead atoms. The van der Waals surface area contributed by atoms with Crippen LogP contribution in [0.25, 0.3) is 6.20 Å². The molecule has 2 heterocycles. The smallest absolute Gasteiger partial charge is 0.274 e. The minimum Gasteiger partial charge on any atom is -0.274 e. The van der Waals surface area contributed by atoms with Crippen LogP contribution in [0.3, 0.4) is 0 Å². The fourth-order valence-electron chi connectivity index (χ4n) is 1.01. The Morgan fingerprint density at radius 2 is 2.15 bits per heavy atom. The highest BCUT2D eigenvalue weighted by atomic mass is 32.2. The molecule has 13 heavy (non-hydrogen) atoms. The van der Waals surface area contributed by atoms with Gasteiger partial charge in [-0.25, -0.2) is 4.79 Å². The van der Waals surface area contributed by atoms with Gasteiger partial charge in [-0.2, -0.15) is 0 Å². The number of hydrogen-bond acceptors (Lipinski definition) is 3. The Hall–Kier alpha value is -1.49. The molecule has 1 aliphatic heterocycles. The van der Waals surface area contributed by atoms with Crippen molar-refractivity contribution < 1.29 is 0 Å². The van der Waals surface area contributed by atoms with Gasteiger partial charge in [-0.05, 0) is 11.5 Å². The fourth-order valence-corrected chi connectivity index (χ4v) is 1.75. The lowest BCUT2D eigenvalue weighted by atomic mass is 10.5. The minimum absolute atomic E-state index is 0.368. The van der Waals surface area contributed by atoms with Crippen LogP contribution in [0.5, 0.6) is 0 Å². The van der Waals surface area contributed by atoms with Crippen molar-refractivity contribution in [1.82, 2.24) is 9.55 Å². The van der Waals surface area contributed by atoms with Gasteiger partial charge in [-0.1, -0.05) is 17.8 Å². The summed E-state index contributed by atoms with van der Waals surface area (Å²) in [6.45, 7) is 0. The van der Waals surface area contributed by atoms with Crippen LogP contribution in [0, 0.1) is 0 Å². The Kier molecular flexibility index (Phi) is 1.94. The van der Waals surface area contributed by atoms with Crippen molar-refractivity contribution in [2.45, 2.75) is 5.03 Å². The van der Waals surface area contributed by atoms with E-state index in [0.717, 1.165) is 0 Å². The lowest BCUT2D eigenvalue weighted by Crippen LogP contribution is -2.27. The van der Waals surface area contributed by atoms with E-state index in [9.17, 15) is 9.59 Å². The first-order chi connectivity index (χ1) is 6.27. The van der Waals surface area contributed by atoms with E-state index >= 15 is 0 Å². The van der Waals surface area contributed by atoms with Crippen LogP contribution >= 0.6 is 11.8 Å². The molecular formula is C8H6N2O2S. The molecule has 2 rings (SSSR count). The Balaban J connectivity index is 2.76. The normalized spacial score (nSPS) is 13.8. The summed E-state index contributed by atoms with van der Waals surface area (Å²) < 4.78 is 1.39. The summed E-state index contributed by atoms with van der Waals surface area (Å²) in [6, 6.07) is 1.39. The van der Waals surface area contributed by atoms with Crippen LogP contribution in [0.4, 0.5) is 0 Å². The number of nitrogens with zero attached hydrogens (tertiary/aromatic N) is 1. The fraction of sp³-hybridized carbons (Fsp3) is 0. The number of rotatable bonds is 0. The maximum Gasteiger partial charge on any atom is 0.333 e. The molecular weight excluding hydrogens is 188 g/mol. The predicted molar refractivity (Wildman–Crippen MR) is 51.6 cm³/mol. The third-order valence-electron chi connectivity index (χ3n) is 1.55. The first-order valence-electron chi connectivity index (χ1n) is 3.63. The van der Waals surface area contributed by atoms with Crippen molar-refractivity contribution in [3.05, 3.63) is 44.5 Å². The second kappa shape index (κ2) is 3.10. The molecule has 1 aromatic rings. The maximum absolute atomic E-state index is 11.3. The number of nitrogens with one attached hydrogen (secondary N) is 1. The van der Waals surface area contributed by atoms with Gasteiger partial charge in [0.2, 0.25) is 0 Å². The largest absolute Gasteiger partial charge is 0.333 e. The van der Waals surface area contributed by atoms with Gasteiger partial charge in [-0.15, -0.1) is 0 Å². The van der Waals surface area contributed by atoms with Gasteiger partial charge in [0.25, 0.3) is 5.56 Å². The zero-order chi connectivity index (χ0) is 9.26. The molecule has 1 aliphatic rings. The minimum atomic E-state index is -0.407. The molecule has 4 nitrogen and oxygen atoms in total. The summed E-state index contributed by atoms with van der Waals surface area (Å²) >= 11 is 1.34. The van der Waals surface area contributed by atoms with Gasteiger partial charge in [0, 0.05) is 12.3 Å². The zero-order valence-corrected chi connectivity index (χ0v) is 7.38. The molecule has 0 spiro atoms. The van der Waals surface area contributed by atoms with E-state index in [-0.39, 0.29) is 5.56 Å². The first-order valence-corrected chi connectivity index (χ1v) is 4.51. The van der Waals surface area contributed by atoms with E-state index in [1.165, 1.54) is 22.4 Å². The van der Waals surface area contributed by atoms with Crippen LogP contribution in [-0.4, -0.2) is 9.55 Å². The van der Waals surface area contributed by atoms with Crippen LogP contribution in [0.15, 0.2) is 38.2 Å². The van der Waals surface area contributed by atoms with Crippen molar-refractivity contribution >= 4 is 18.0 Å². The molecule has 66 valence electrons. The molecule has 0 aromatic carbocycles. The molecule has 0 saturated carbocycles. The first kappa shape index (κ1) is 8.12. The van der Waals surface area contributed by atoms with Gasteiger partial charge in [0.15, 0.2) is 0 Å². The van der Waals surface area contributed by atoms with Gasteiger partial charge in [0.1, 0.15) is 0 Å². The summed E-state index contributed by atoms with van der Waals surface area (Å²) in [7, 11) is 0. The van der Waals surface area contributed by atoms with Crippen molar-refractivity contribution in [3.8, 4) is 0 Å². The molecule has 5 heteroatoms. The highest BCUT2D eigenvalue weighted by molar-refractivity contribution is 8.02. The number of thioether (sulfide) groups is 1. The lowest BCUT2D eigenvalue weighted by molar-refractivity contribution is 0.848. The monoisotopic (exact) mass is 194 g/mol. The van der Waals surface area contributed by atoms with Crippen LogP contribution < -0.4 is 11.2 Å². The van der Waals surface area contributed by atoms with Crippen molar-refractivity contribution in [1.29, 1.82) is 0 Å². The SMILES string of the molecule is O=c1cc2n(c(=O)[nH]1)C=CC=CS2. The lowest BCUT2D eigenvalue weighted by Gasteiger charge is -2.01. The topological polar surface area (TPSA) is 54.9 Å². The summed E-state index contributed by atoms with van der Waals surface area (Å²) in [5.74, 6) is 0. The number of allylic oxidation sites excluding steroid dienone is 2. The molecule has 0 saturated heterocycles. The van der Waals surface area contributed by atoms with Crippen LogP contribution in [-0.2, 0) is 0 Å². The number of H-pyrrole nitrogens is 1. The van der Waals surface area contributed by atoms with Gasteiger partial charge >= 0.3 is 5.69 Å². The molecule has 0 atom stereocenters. The average Bonchev–Trinajstić information content (AvgIpc) is 2.28. The molecule has 0 unspecified atom stereocenters. The van der Waals surface area contributed by atoms with E-state index in [2.05, 4.69) is 4.98 Å². The molecule has 1 N–H and O–H groups in total. The Labute approximate surface area is 77.6 Å². The molecule has 0 fully saturated rings. The summed E-state index contributed by atoms with van der Waals surface area (Å²) in [5.41, 5.74) is -0.776. The second-order valence-corrected chi connectivity index (χ2v) is 3.36. The molecule has 0 radical (unpaired) electrons. The van der Waals surface area contributed by atoms with Gasteiger partial charge in [-0.3, -0.25) is 14.3 Å². The summed E-state index contributed by atoms with van der Waals surface area (Å²) in [5, 5.41) is 2.44. The zero-order valence-electron chi connectivity index (χ0n) is 6.56. The average molecular weight is 194 g/mol. The molecule has 0 amide bonds. The molecule has 0 aliphatic carbocycles. The Bertz CT molecular complexity index is 496. The van der Waals surface area contributed by atoms with Gasteiger partial charge < -0.3 is 0 Å². The second-order valence-electron chi connectivity index (χ2n) is 2.43. The van der Waals surface area contributed by atoms with E-state index in [1.54, 1.807) is 12.3 Å². The van der Waals surface area contributed by atoms with E-state index in [4.69, 9.17) is 0 Å². The van der Waals surface area contributed by atoms with E-state index in [1.807, 2.05) is 11.5 Å². The summed E-state index contributed by atoms with van der Waals surface area (Å²) in [6.07, 6.45) is 5.16. The van der Waals surface area contributed by atoms with Crippen molar-refractivity contribution in [3.63, 3.8) is 0 Å². The Morgan fingerprint density at radius 1 is 1.31 bits per heavy atom. The highest BCUT2D eigenvalue weighted by Crippen LogP contribution is 2.17. The quantitative estimate of drug-likeness (QED) is 0.616. The predicted octanol–water partition coefficient (Wildman–Crippen LogP) is 0.627. The number of hydrogen-bond donors (Lipinski definition) is 1. The van der Waals surface area contributed by atoms with E-state index < -0.39 is 5.69 Å². The third kappa shape index (κ3) is 1.50. The number of aromatic nitrogens is 2.